The van der Waals surface area contributed by atoms with Gasteiger partial charge in [-0.3, -0.25) is 0 Å². The lowest BCUT2D eigenvalue weighted by atomic mass is 10.1. The van der Waals surface area contributed by atoms with Crippen molar-refractivity contribution in [3.63, 3.8) is 0 Å². The molecular formula is C23H22F2N6O. The van der Waals surface area contributed by atoms with E-state index < -0.39 is 5.82 Å². The summed E-state index contributed by atoms with van der Waals surface area (Å²) in [6.07, 6.45) is 4.37. The summed E-state index contributed by atoms with van der Waals surface area (Å²) < 4.78 is 34.8. The second kappa shape index (κ2) is 7.45. The molecule has 3 aromatic heterocycles. The van der Waals surface area contributed by atoms with E-state index in [1.807, 2.05) is 28.6 Å². The minimum atomic E-state index is -0.402. The molecule has 3 heterocycles. The third-order valence-corrected chi connectivity index (χ3v) is 5.78. The molecule has 2 aromatic carbocycles. The number of halogens is 2. The first-order valence-corrected chi connectivity index (χ1v) is 10.3. The van der Waals surface area contributed by atoms with Crippen molar-refractivity contribution in [3.8, 4) is 17.1 Å². The maximum Gasteiger partial charge on any atom is 0.350 e. The van der Waals surface area contributed by atoms with Crippen molar-refractivity contribution in [2.75, 3.05) is 6.54 Å². The molecule has 0 aliphatic rings. The lowest BCUT2D eigenvalue weighted by molar-refractivity contribution is 0.628. The van der Waals surface area contributed by atoms with Crippen molar-refractivity contribution in [2.24, 2.45) is 19.8 Å². The summed E-state index contributed by atoms with van der Waals surface area (Å²) in [4.78, 5) is 13.2. The van der Waals surface area contributed by atoms with Gasteiger partial charge in [0.05, 0.1) is 11.2 Å². The van der Waals surface area contributed by atoms with E-state index in [0.29, 0.717) is 40.9 Å². The van der Waals surface area contributed by atoms with Crippen molar-refractivity contribution in [2.45, 2.75) is 13.0 Å². The summed E-state index contributed by atoms with van der Waals surface area (Å²) in [5, 5.41) is 5.68. The highest BCUT2D eigenvalue weighted by Crippen LogP contribution is 2.33. The highest BCUT2D eigenvalue weighted by atomic mass is 19.1. The summed E-state index contributed by atoms with van der Waals surface area (Å²) in [6, 6.07) is 9.01. The number of benzene rings is 2. The SMILES string of the molecule is Cn1nc(-c2cn(C)c3ccc(F)cc23)n(-c2cn(CCCN)c3ccc(F)cc23)c1=O. The smallest absolute Gasteiger partial charge is 0.350 e. The molecule has 0 atom stereocenters. The second-order valence-electron chi connectivity index (χ2n) is 7.89. The number of aryl methyl sites for hydroxylation is 3. The van der Waals surface area contributed by atoms with Crippen LogP contribution >= 0.6 is 0 Å². The van der Waals surface area contributed by atoms with Crippen LogP contribution in [0.3, 0.4) is 0 Å². The van der Waals surface area contributed by atoms with E-state index in [1.54, 1.807) is 19.2 Å². The second-order valence-corrected chi connectivity index (χ2v) is 7.89. The van der Waals surface area contributed by atoms with Gasteiger partial charge >= 0.3 is 5.69 Å². The van der Waals surface area contributed by atoms with Crippen molar-refractivity contribution < 1.29 is 8.78 Å². The zero-order chi connectivity index (χ0) is 22.6. The molecule has 0 saturated heterocycles. The van der Waals surface area contributed by atoms with E-state index >= 15 is 0 Å². The fourth-order valence-electron chi connectivity index (χ4n) is 4.27. The molecule has 9 heteroatoms. The lowest BCUT2D eigenvalue weighted by Gasteiger charge is -2.04. The van der Waals surface area contributed by atoms with Crippen LogP contribution in [0.25, 0.3) is 38.9 Å². The Balaban J connectivity index is 1.83. The Morgan fingerprint density at radius 3 is 2.38 bits per heavy atom. The number of hydrogen-bond donors (Lipinski definition) is 1. The summed E-state index contributed by atoms with van der Waals surface area (Å²) in [5.41, 5.74) is 8.03. The van der Waals surface area contributed by atoms with E-state index in [4.69, 9.17) is 5.73 Å². The third-order valence-electron chi connectivity index (χ3n) is 5.78. The molecule has 2 N–H and O–H groups in total. The van der Waals surface area contributed by atoms with Gasteiger partial charge in [0.1, 0.15) is 11.6 Å². The predicted octanol–water partition coefficient (Wildman–Crippen LogP) is 3.31. The van der Waals surface area contributed by atoms with Gasteiger partial charge in [-0.25, -0.2) is 22.8 Å². The quantitative estimate of drug-likeness (QED) is 0.459. The van der Waals surface area contributed by atoms with Crippen LogP contribution in [0, 0.1) is 11.6 Å². The fourth-order valence-corrected chi connectivity index (χ4v) is 4.27. The average molecular weight is 436 g/mol. The zero-order valence-electron chi connectivity index (χ0n) is 17.7. The van der Waals surface area contributed by atoms with Gasteiger partial charge < -0.3 is 14.9 Å². The van der Waals surface area contributed by atoms with Gasteiger partial charge in [0.25, 0.3) is 0 Å². The van der Waals surface area contributed by atoms with E-state index in [2.05, 4.69) is 5.10 Å². The molecule has 7 nitrogen and oxygen atoms in total. The van der Waals surface area contributed by atoms with Gasteiger partial charge in [0, 0.05) is 54.9 Å². The van der Waals surface area contributed by atoms with Gasteiger partial charge in [0.2, 0.25) is 0 Å². The normalized spacial score (nSPS) is 11.8. The van der Waals surface area contributed by atoms with Gasteiger partial charge in [-0.05, 0) is 49.4 Å². The number of nitrogens with two attached hydrogens (primary N) is 1. The maximum atomic E-state index is 14.2. The standard InChI is InChI=1S/C23H22F2N6O/c1-28-12-18(16-10-14(24)4-6-19(16)28)22-27-29(2)23(32)31(22)21-13-30(9-3-8-26)20-7-5-15(25)11-17(20)21/h4-7,10-13H,3,8-9,26H2,1-2H3. The molecule has 164 valence electrons. The number of rotatable bonds is 5. The summed E-state index contributed by atoms with van der Waals surface area (Å²) in [6.45, 7) is 1.14. The predicted molar refractivity (Wildman–Crippen MR) is 120 cm³/mol. The van der Waals surface area contributed by atoms with E-state index in [1.165, 1.54) is 33.5 Å². The molecule has 32 heavy (non-hydrogen) atoms. The molecule has 0 amide bonds. The van der Waals surface area contributed by atoms with Crippen LogP contribution in [0.15, 0.2) is 53.6 Å². The Morgan fingerprint density at radius 1 is 0.969 bits per heavy atom. The van der Waals surface area contributed by atoms with Crippen LogP contribution < -0.4 is 11.4 Å². The van der Waals surface area contributed by atoms with E-state index in [9.17, 15) is 13.6 Å². The molecular weight excluding hydrogens is 414 g/mol. The van der Waals surface area contributed by atoms with Gasteiger partial charge in [-0.2, -0.15) is 0 Å². The van der Waals surface area contributed by atoms with Crippen LogP contribution in [0.5, 0.6) is 0 Å². The molecule has 0 spiro atoms. The number of nitrogens with zero attached hydrogens (tertiary/aromatic N) is 5. The van der Waals surface area contributed by atoms with Crippen LogP contribution in [0.2, 0.25) is 0 Å². The van der Waals surface area contributed by atoms with Crippen molar-refractivity contribution in [3.05, 3.63) is 70.9 Å². The largest absolute Gasteiger partial charge is 0.350 e. The Morgan fingerprint density at radius 2 is 1.66 bits per heavy atom. The fraction of sp³-hybridized carbons (Fsp3) is 0.217. The van der Waals surface area contributed by atoms with Crippen LogP contribution in [-0.4, -0.2) is 30.0 Å². The molecule has 0 bridgehead atoms. The van der Waals surface area contributed by atoms with E-state index in [-0.39, 0.29) is 11.5 Å². The molecule has 0 radical (unpaired) electrons. The molecule has 0 fully saturated rings. The molecule has 0 aliphatic carbocycles. The summed E-state index contributed by atoms with van der Waals surface area (Å²) in [7, 11) is 3.41. The molecule has 5 rings (SSSR count). The molecule has 0 unspecified atom stereocenters. The monoisotopic (exact) mass is 436 g/mol. The topological polar surface area (TPSA) is 75.7 Å². The highest BCUT2D eigenvalue weighted by Gasteiger charge is 2.22. The minimum absolute atomic E-state index is 0.357. The zero-order valence-corrected chi connectivity index (χ0v) is 17.7. The number of hydrogen-bond acceptors (Lipinski definition) is 3. The van der Waals surface area contributed by atoms with Crippen molar-refractivity contribution in [1.29, 1.82) is 0 Å². The van der Waals surface area contributed by atoms with Gasteiger partial charge in [0.15, 0.2) is 5.82 Å². The Bertz CT molecular complexity index is 1540. The summed E-state index contributed by atoms with van der Waals surface area (Å²) in [5.74, 6) is -0.424. The molecule has 0 saturated carbocycles. The number of fused-ring (bicyclic) bond motifs is 2. The van der Waals surface area contributed by atoms with Gasteiger partial charge in [-0.1, -0.05) is 0 Å². The lowest BCUT2D eigenvalue weighted by Crippen LogP contribution is -2.21. The highest BCUT2D eigenvalue weighted by molar-refractivity contribution is 5.96. The third kappa shape index (κ3) is 3.04. The molecule has 0 aliphatic heterocycles. The first-order valence-electron chi connectivity index (χ1n) is 10.3. The van der Waals surface area contributed by atoms with Crippen molar-refractivity contribution >= 4 is 21.8 Å². The average Bonchev–Trinajstić information content (AvgIpc) is 3.38. The maximum absolute atomic E-state index is 14.2. The minimum Gasteiger partial charge on any atom is -0.350 e. The van der Waals surface area contributed by atoms with E-state index in [0.717, 1.165) is 17.5 Å². The number of aromatic nitrogens is 5. The summed E-state index contributed by atoms with van der Waals surface area (Å²) >= 11 is 0. The van der Waals surface area contributed by atoms with Crippen LogP contribution in [0.1, 0.15) is 6.42 Å². The van der Waals surface area contributed by atoms with Crippen LogP contribution in [0.4, 0.5) is 8.78 Å². The van der Waals surface area contributed by atoms with Gasteiger partial charge in [-0.15, -0.1) is 5.10 Å². The van der Waals surface area contributed by atoms with Crippen molar-refractivity contribution in [1.82, 2.24) is 23.5 Å². The van der Waals surface area contributed by atoms with Crippen LogP contribution in [-0.2, 0) is 20.6 Å². The Labute approximate surface area is 181 Å². The Hall–Kier alpha value is -3.72. The first-order chi connectivity index (χ1) is 15.4. The molecule has 5 aromatic rings. The Kier molecular flexibility index (Phi) is 4.70. The first kappa shape index (κ1) is 20.2.